The second kappa shape index (κ2) is 6.02. The van der Waals surface area contributed by atoms with Gasteiger partial charge >= 0.3 is 5.97 Å². The first-order chi connectivity index (χ1) is 10.7. The Morgan fingerprint density at radius 3 is 2.36 bits per heavy atom. The molecule has 0 saturated heterocycles. The van der Waals surface area contributed by atoms with Gasteiger partial charge in [0.15, 0.2) is 0 Å². The molecule has 0 aromatic heterocycles. The second-order valence-corrected chi connectivity index (χ2v) is 5.63. The van der Waals surface area contributed by atoms with Crippen LogP contribution in [0.5, 0.6) is 0 Å². The third-order valence-corrected chi connectivity index (χ3v) is 4.04. The van der Waals surface area contributed by atoms with Crippen LogP contribution in [0.4, 0.5) is 0 Å². The summed E-state index contributed by atoms with van der Waals surface area (Å²) in [6.45, 7) is 1.75. The van der Waals surface area contributed by atoms with Gasteiger partial charge in [0.25, 0.3) is 0 Å². The average Bonchev–Trinajstić information content (AvgIpc) is 2.55. The summed E-state index contributed by atoms with van der Waals surface area (Å²) in [6, 6.07) is 22.6. The van der Waals surface area contributed by atoms with E-state index in [0.717, 1.165) is 16.7 Å². The van der Waals surface area contributed by atoms with Crippen molar-refractivity contribution < 1.29 is 9.90 Å². The monoisotopic (exact) mass is 290 g/mol. The highest BCUT2D eigenvalue weighted by molar-refractivity contribution is 5.97. The van der Waals surface area contributed by atoms with Crippen molar-refractivity contribution in [1.82, 2.24) is 0 Å². The van der Waals surface area contributed by atoms with Gasteiger partial charge in [0.2, 0.25) is 0 Å². The van der Waals surface area contributed by atoms with Crippen molar-refractivity contribution in [2.45, 2.75) is 13.3 Å². The first kappa shape index (κ1) is 14.3. The fourth-order valence-electron chi connectivity index (χ4n) is 2.84. The highest BCUT2D eigenvalue weighted by atomic mass is 16.4. The van der Waals surface area contributed by atoms with Gasteiger partial charge in [-0.3, -0.25) is 4.79 Å². The Bertz CT molecular complexity index is 815. The Labute approximate surface area is 130 Å². The van der Waals surface area contributed by atoms with Crippen molar-refractivity contribution in [3.63, 3.8) is 0 Å². The number of hydrogen-bond donors (Lipinski definition) is 1. The van der Waals surface area contributed by atoms with Gasteiger partial charge in [0, 0.05) is 0 Å². The number of aliphatic carboxylic acids is 1. The van der Waals surface area contributed by atoms with E-state index >= 15 is 0 Å². The fraction of sp³-hybridized carbons (Fsp3) is 0.150. The van der Waals surface area contributed by atoms with E-state index in [0.29, 0.717) is 6.42 Å². The van der Waals surface area contributed by atoms with E-state index in [1.54, 1.807) is 6.92 Å². The van der Waals surface area contributed by atoms with Crippen molar-refractivity contribution in [3.05, 3.63) is 72.3 Å². The van der Waals surface area contributed by atoms with Gasteiger partial charge in [-0.1, -0.05) is 73.7 Å². The molecule has 0 bridgehead atoms. The first-order valence-corrected chi connectivity index (χ1v) is 7.45. The van der Waals surface area contributed by atoms with Gasteiger partial charge in [-0.25, -0.2) is 0 Å². The predicted molar refractivity (Wildman–Crippen MR) is 89.9 cm³/mol. The molecule has 1 unspecified atom stereocenters. The van der Waals surface area contributed by atoms with Crippen LogP contribution in [0.2, 0.25) is 0 Å². The summed E-state index contributed by atoms with van der Waals surface area (Å²) >= 11 is 0. The maximum atomic E-state index is 11.2. The fourth-order valence-corrected chi connectivity index (χ4v) is 2.84. The first-order valence-electron chi connectivity index (χ1n) is 7.45. The minimum Gasteiger partial charge on any atom is -0.481 e. The molecule has 110 valence electrons. The van der Waals surface area contributed by atoms with Crippen LogP contribution >= 0.6 is 0 Å². The molecule has 3 aromatic rings. The Morgan fingerprint density at radius 1 is 0.909 bits per heavy atom. The van der Waals surface area contributed by atoms with Gasteiger partial charge < -0.3 is 5.11 Å². The molecule has 0 radical (unpaired) electrons. The second-order valence-electron chi connectivity index (χ2n) is 5.63. The Morgan fingerprint density at radius 2 is 1.55 bits per heavy atom. The standard InChI is InChI=1S/C20H18O2/c1-14(20(21)22)13-16-8-3-5-11-18(16)19-12-6-9-15-7-2-4-10-17(15)19/h2-12,14H,13H2,1H3,(H,21,22). The number of fused-ring (bicyclic) bond motifs is 1. The van der Waals surface area contributed by atoms with Gasteiger partial charge in [-0.05, 0) is 33.9 Å². The number of carboxylic acids is 1. The molecule has 2 nitrogen and oxygen atoms in total. The molecular formula is C20H18O2. The molecule has 3 aromatic carbocycles. The van der Waals surface area contributed by atoms with E-state index in [2.05, 4.69) is 36.4 Å². The van der Waals surface area contributed by atoms with Crippen LogP contribution in [0.3, 0.4) is 0 Å². The van der Waals surface area contributed by atoms with Gasteiger partial charge in [0.1, 0.15) is 0 Å². The SMILES string of the molecule is CC(Cc1ccccc1-c1cccc2ccccc12)C(=O)O. The number of hydrogen-bond acceptors (Lipinski definition) is 1. The van der Waals surface area contributed by atoms with Crippen LogP contribution in [-0.4, -0.2) is 11.1 Å². The van der Waals surface area contributed by atoms with E-state index in [9.17, 15) is 9.90 Å². The number of benzene rings is 3. The lowest BCUT2D eigenvalue weighted by Crippen LogP contribution is -2.12. The van der Waals surface area contributed by atoms with Crippen molar-refractivity contribution in [2.75, 3.05) is 0 Å². The zero-order valence-electron chi connectivity index (χ0n) is 12.5. The van der Waals surface area contributed by atoms with Crippen LogP contribution in [0.1, 0.15) is 12.5 Å². The Hall–Kier alpha value is -2.61. The molecule has 0 amide bonds. The lowest BCUT2D eigenvalue weighted by Gasteiger charge is -2.14. The van der Waals surface area contributed by atoms with Gasteiger partial charge in [0.05, 0.1) is 5.92 Å². The molecule has 3 rings (SSSR count). The molecule has 0 aliphatic heterocycles. The zero-order valence-corrected chi connectivity index (χ0v) is 12.5. The molecule has 0 spiro atoms. The molecule has 0 heterocycles. The lowest BCUT2D eigenvalue weighted by atomic mass is 9.90. The normalized spacial score (nSPS) is 12.2. The van der Waals surface area contributed by atoms with Crippen LogP contribution in [0.15, 0.2) is 66.7 Å². The summed E-state index contributed by atoms with van der Waals surface area (Å²) in [7, 11) is 0. The van der Waals surface area contributed by atoms with E-state index in [1.807, 2.05) is 30.3 Å². The lowest BCUT2D eigenvalue weighted by molar-refractivity contribution is -0.141. The van der Waals surface area contributed by atoms with Gasteiger partial charge in [-0.15, -0.1) is 0 Å². The summed E-state index contributed by atoms with van der Waals surface area (Å²) in [6.07, 6.45) is 0.536. The smallest absolute Gasteiger partial charge is 0.306 e. The van der Waals surface area contributed by atoms with Crippen molar-refractivity contribution in [1.29, 1.82) is 0 Å². The van der Waals surface area contributed by atoms with Crippen LogP contribution in [0, 0.1) is 5.92 Å². The van der Waals surface area contributed by atoms with E-state index in [-0.39, 0.29) is 0 Å². The van der Waals surface area contributed by atoms with Crippen LogP contribution in [0.25, 0.3) is 21.9 Å². The topological polar surface area (TPSA) is 37.3 Å². The summed E-state index contributed by atoms with van der Waals surface area (Å²) in [5.41, 5.74) is 3.35. The minimum absolute atomic E-state index is 0.392. The van der Waals surface area contributed by atoms with E-state index in [4.69, 9.17) is 0 Å². The van der Waals surface area contributed by atoms with E-state index < -0.39 is 11.9 Å². The summed E-state index contributed by atoms with van der Waals surface area (Å²) < 4.78 is 0. The maximum Gasteiger partial charge on any atom is 0.306 e. The molecule has 0 aliphatic rings. The predicted octanol–water partition coefficient (Wildman–Crippen LogP) is 4.77. The van der Waals surface area contributed by atoms with Crippen LogP contribution in [-0.2, 0) is 11.2 Å². The summed E-state index contributed by atoms with van der Waals surface area (Å²) in [5, 5.41) is 11.6. The molecule has 22 heavy (non-hydrogen) atoms. The molecule has 1 N–H and O–H groups in total. The third-order valence-electron chi connectivity index (χ3n) is 4.04. The summed E-state index contributed by atoms with van der Waals surface area (Å²) in [4.78, 5) is 11.2. The summed E-state index contributed by atoms with van der Waals surface area (Å²) in [5.74, 6) is -1.15. The molecule has 1 atom stereocenters. The average molecular weight is 290 g/mol. The molecule has 0 saturated carbocycles. The number of rotatable bonds is 4. The van der Waals surface area contributed by atoms with Crippen LogP contribution < -0.4 is 0 Å². The molecule has 0 fully saturated rings. The Balaban J connectivity index is 2.13. The minimum atomic E-state index is -0.757. The third kappa shape index (κ3) is 2.73. The highest BCUT2D eigenvalue weighted by Crippen LogP contribution is 2.32. The zero-order chi connectivity index (χ0) is 15.5. The van der Waals surface area contributed by atoms with Crippen molar-refractivity contribution in [2.24, 2.45) is 5.92 Å². The maximum absolute atomic E-state index is 11.2. The van der Waals surface area contributed by atoms with Crippen molar-refractivity contribution >= 4 is 16.7 Å². The van der Waals surface area contributed by atoms with E-state index in [1.165, 1.54) is 10.8 Å². The van der Waals surface area contributed by atoms with Crippen molar-refractivity contribution in [3.8, 4) is 11.1 Å². The van der Waals surface area contributed by atoms with Gasteiger partial charge in [-0.2, -0.15) is 0 Å². The Kier molecular flexibility index (Phi) is 3.92. The quantitative estimate of drug-likeness (QED) is 0.751. The number of carboxylic acid groups (broad SMARTS) is 1. The molecule has 0 aliphatic carbocycles. The number of carbonyl (C=O) groups is 1. The molecule has 2 heteroatoms. The molecular weight excluding hydrogens is 272 g/mol. The largest absolute Gasteiger partial charge is 0.481 e. The highest BCUT2D eigenvalue weighted by Gasteiger charge is 2.15.